The van der Waals surface area contributed by atoms with E-state index in [9.17, 15) is 4.39 Å². The van der Waals surface area contributed by atoms with Gasteiger partial charge in [0.25, 0.3) is 0 Å². The monoisotopic (exact) mass is 305 g/mol. The normalized spacial score (nSPS) is 11.6. The minimum absolute atomic E-state index is 0.249. The van der Waals surface area contributed by atoms with Crippen molar-refractivity contribution < 1.29 is 13.9 Å². The molecule has 0 heterocycles. The molecule has 0 unspecified atom stereocenters. The van der Waals surface area contributed by atoms with Gasteiger partial charge in [0.2, 0.25) is 0 Å². The smallest absolute Gasteiger partial charge is 0.156 e. The van der Waals surface area contributed by atoms with Gasteiger partial charge in [0.15, 0.2) is 5.75 Å². The average molecular weight is 306 g/mol. The van der Waals surface area contributed by atoms with Crippen LogP contribution in [-0.2, 0) is 4.74 Å². The third-order valence-corrected chi connectivity index (χ3v) is 3.13. The molecule has 2 N–H and O–H groups in total. The Balaban J connectivity index is 2.64. The molecule has 0 radical (unpaired) electrons. The molecule has 0 amide bonds. The number of nitrogens with two attached hydrogens (primary N) is 1. The second kappa shape index (κ2) is 5.69. The van der Waals surface area contributed by atoms with E-state index in [1.165, 1.54) is 12.1 Å². The first-order valence-electron chi connectivity index (χ1n) is 5.28. The van der Waals surface area contributed by atoms with E-state index in [1.807, 2.05) is 13.8 Å². The van der Waals surface area contributed by atoms with Crippen molar-refractivity contribution >= 4 is 21.6 Å². The first kappa shape index (κ1) is 14.3. The standard InChI is InChI=1S/C12H17BrFNO2/c1-12(2,16-3)4-5-17-11-9(13)6-8(14)7-10(11)15/h6-7H,4-5,15H2,1-3H3. The van der Waals surface area contributed by atoms with E-state index in [4.69, 9.17) is 15.2 Å². The van der Waals surface area contributed by atoms with Crippen molar-refractivity contribution in [2.24, 2.45) is 0 Å². The fraction of sp³-hybridized carbons (Fsp3) is 0.500. The van der Waals surface area contributed by atoms with Crippen molar-refractivity contribution in [1.29, 1.82) is 0 Å². The lowest BCUT2D eigenvalue weighted by Gasteiger charge is -2.23. The number of nitrogen functional groups attached to an aromatic ring is 1. The molecule has 0 spiro atoms. The van der Waals surface area contributed by atoms with Crippen LogP contribution in [0.25, 0.3) is 0 Å². The van der Waals surface area contributed by atoms with Gasteiger partial charge in [-0.1, -0.05) is 0 Å². The van der Waals surface area contributed by atoms with Gasteiger partial charge >= 0.3 is 0 Å². The molecule has 1 aromatic carbocycles. The first-order valence-corrected chi connectivity index (χ1v) is 6.07. The fourth-order valence-electron chi connectivity index (χ4n) is 1.23. The molecule has 96 valence electrons. The highest BCUT2D eigenvalue weighted by Gasteiger charge is 2.17. The van der Waals surface area contributed by atoms with Crippen molar-refractivity contribution in [3.8, 4) is 5.75 Å². The van der Waals surface area contributed by atoms with Gasteiger partial charge in [0, 0.05) is 19.6 Å². The highest BCUT2D eigenvalue weighted by atomic mass is 79.9. The topological polar surface area (TPSA) is 44.5 Å². The van der Waals surface area contributed by atoms with Crippen LogP contribution in [0.2, 0.25) is 0 Å². The largest absolute Gasteiger partial charge is 0.490 e. The SMILES string of the molecule is COC(C)(C)CCOc1c(N)cc(F)cc1Br. The molecule has 1 aromatic rings. The number of halogens is 2. The Morgan fingerprint density at radius 2 is 2.06 bits per heavy atom. The van der Waals surface area contributed by atoms with Gasteiger partial charge in [-0.25, -0.2) is 4.39 Å². The highest BCUT2D eigenvalue weighted by molar-refractivity contribution is 9.10. The minimum Gasteiger partial charge on any atom is -0.490 e. The molecule has 1 rings (SSSR count). The zero-order valence-electron chi connectivity index (χ0n) is 10.2. The lowest BCUT2D eigenvalue weighted by Crippen LogP contribution is -2.25. The summed E-state index contributed by atoms with van der Waals surface area (Å²) >= 11 is 3.22. The fourth-order valence-corrected chi connectivity index (χ4v) is 1.80. The Bertz CT molecular complexity index is 373. The molecule has 3 nitrogen and oxygen atoms in total. The predicted octanol–water partition coefficient (Wildman–Crippen LogP) is 3.36. The van der Waals surface area contributed by atoms with E-state index >= 15 is 0 Å². The van der Waals surface area contributed by atoms with E-state index in [1.54, 1.807) is 7.11 Å². The molecule has 0 fully saturated rings. The van der Waals surface area contributed by atoms with Crippen LogP contribution in [0.15, 0.2) is 16.6 Å². The Kier molecular flexibility index (Phi) is 4.77. The zero-order chi connectivity index (χ0) is 13.1. The zero-order valence-corrected chi connectivity index (χ0v) is 11.8. The molecule has 17 heavy (non-hydrogen) atoms. The van der Waals surface area contributed by atoms with Crippen molar-refractivity contribution in [3.63, 3.8) is 0 Å². The summed E-state index contributed by atoms with van der Waals surface area (Å²) in [5, 5.41) is 0. The van der Waals surface area contributed by atoms with Gasteiger partial charge in [-0.05, 0) is 35.8 Å². The first-order chi connectivity index (χ1) is 7.85. The molecule has 0 aliphatic heterocycles. The van der Waals surface area contributed by atoms with Crippen molar-refractivity contribution in [1.82, 2.24) is 0 Å². The summed E-state index contributed by atoms with van der Waals surface area (Å²) in [6, 6.07) is 2.56. The average Bonchev–Trinajstić information content (AvgIpc) is 2.22. The van der Waals surface area contributed by atoms with Crippen LogP contribution >= 0.6 is 15.9 Å². The van der Waals surface area contributed by atoms with Crippen molar-refractivity contribution in [2.75, 3.05) is 19.5 Å². The highest BCUT2D eigenvalue weighted by Crippen LogP contribution is 2.32. The van der Waals surface area contributed by atoms with Gasteiger partial charge in [-0.15, -0.1) is 0 Å². The van der Waals surface area contributed by atoms with Crippen LogP contribution in [-0.4, -0.2) is 19.3 Å². The Hall–Kier alpha value is -0.810. The van der Waals surface area contributed by atoms with E-state index in [2.05, 4.69) is 15.9 Å². The van der Waals surface area contributed by atoms with Crippen LogP contribution in [0.1, 0.15) is 20.3 Å². The summed E-state index contributed by atoms with van der Waals surface area (Å²) in [6.07, 6.45) is 0.715. The van der Waals surface area contributed by atoms with Crippen LogP contribution < -0.4 is 10.5 Å². The van der Waals surface area contributed by atoms with Gasteiger partial charge in [0.1, 0.15) is 5.82 Å². The third-order valence-electron chi connectivity index (χ3n) is 2.54. The molecule has 5 heteroatoms. The number of benzene rings is 1. The summed E-state index contributed by atoms with van der Waals surface area (Å²) in [5.74, 6) is 0.0808. The van der Waals surface area contributed by atoms with E-state index in [-0.39, 0.29) is 17.1 Å². The number of rotatable bonds is 5. The molecule has 0 bridgehead atoms. The molecular weight excluding hydrogens is 289 g/mol. The maximum absolute atomic E-state index is 13.0. The Morgan fingerprint density at radius 3 is 2.59 bits per heavy atom. The molecule has 0 saturated heterocycles. The summed E-state index contributed by atoms with van der Waals surface area (Å²) in [5.41, 5.74) is 5.71. The summed E-state index contributed by atoms with van der Waals surface area (Å²) in [4.78, 5) is 0. The molecular formula is C12H17BrFNO2. The van der Waals surface area contributed by atoms with E-state index < -0.39 is 0 Å². The quantitative estimate of drug-likeness (QED) is 0.848. The van der Waals surface area contributed by atoms with E-state index in [0.29, 0.717) is 23.2 Å². The number of methoxy groups -OCH3 is 1. The van der Waals surface area contributed by atoms with Crippen LogP contribution in [0.3, 0.4) is 0 Å². The van der Waals surface area contributed by atoms with Crippen molar-refractivity contribution in [3.05, 3.63) is 22.4 Å². The molecule has 0 aromatic heterocycles. The summed E-state index contributed by atoms with van der Waals surface area (Å²) in [7, 11) is 1.65. The second-order valence-corrected chi connectivity index (χ2v) is 5.22. The lowest BCUT2D eigenvalue weighted by atomic mass is 10.1. The summed E-state index contributed by atoms with van der Waals surface area (Å²) in [6.45, 7) is 4.40. The van der Waals surface area contributed by atoms with Gasteiger partial charge in [-0.2, -0.15) is 0 Å². The van der Waals surface area contributed by atoms with Crippen LogP contribution in [0.4, 0.5) is 10.1 Å². The van der Waals surface area contributed by atoms with Gasteiger partial charge in [-0.3, -0.25) is 0 Å². The molecule has 0 saturated carbocycles. The van der Waals surface area contributed by atoms with Gasteiger partial charge in [0.05, 0.1) is 22.4 Å². The lowest BCUT2D eigenvalue weighted by molar-refractivity contribution is 0.00544. The maximum atomic E-state index is 13.0. The third kappa shape index (κ3) is 4.16. The van der Waals surface area contributed by atoms with Crippen LogP contribution in [0, 0.1) is 5.82 Å². The van der Waals surface area contributed by atoms with E-state index in [0.717, 1.165) is 0 Å². The number of hydrogen-bond donors (Lipinski definition) is 1. The summed E-state index contributed by atoms with van der Waals surface area (Å²) < 4.78 is 24.3. The second-order valence-electron chi connectivity index (χ2n) is 4.37. The van der Waals surface area contributed by atoms with Crippen LogP contribution in [0.5, 0.6) is 5.75 Å². The molecule has 0 aliphatic carbocycles. The van der Waals surface area contributed by atoms with Gasteiger partial charge < -0.3 is 15.2 Å². The number of anilines is 1. The number of ether oxygens (including phenoxy) is 2. The molecule has 0 aliphatic rings. The molecule has 0 atom stereocenters. The predicted molar refractivity (Wildman–Crippen MR) is 69.7 cm³/mol. The Labute approximate surface area is 109 Å². The van der Waals surface area contributed by atoms with Crippen molar-refractivity contribution in [2.45, 2.75) is 25.9 Å². The minimum atomic E-state index is -0.390. The number of hydrogen-bond acceptors (Lipinski definition) is 3. The Morgan fingerprint density at radius 1 is 1.41 bits per heavy atom. The maximum Gasteiger partial charge on any atom is 0.156 e.